The number of hydrogen-bond acceptors (Lipinski definition) is 6. The highest BCUT2D eigenvalue weighted by molar-refractivity contribution is 6.33. The number of nitrogens with one attached hydrogen (secondary N) is 2. The highest BCUT2D eigenvalue weighted by Gasteiger charge is 2.34. The molecule has 3 heterocycles. The van der Waals surface area contributed by atoms with Crippen LogP contribution in [0, 0.1) is 6.92 Å². The Morgan fingerprint density at radius 2 is 1.94 bits per heavy atom. The van der Waals surface area contributed by atoms with E-state index in [-0.39, 0.29) is 5.91 Å². The molecule has 2 aliphatic rings. The van der Waals surface area contributed by atoms with Gasteiger partial charge in [-0.3, -0.25) is 4.79 Å². The van der Waals surface area contributed by atoms with E-state index in [1.54, 1.807) is 16.8 Å². The van der Waals surface area contributed by atoms with E-state index < -0.39 is 6.04 Å². The van der Waals surface area contributed by atoms with Gasteiger partial charge in [0.15, 0.2) is 11.5 Å². The van der Waals surface area contributed by atoms with Crippen molar-refractivity contribution in [1.29, 1.82) is 0 Å². The number of nitrogens with zero attached hydrogens (tertiary/aromatic N) is 3. The highest BCUT2D eigenvalue weighted by atomic mass is 35.5. The molecule has 0 spiro atoms. The molecule has 3 aromatic rings. The van der Waals surface area contributed by atoms with Crippen LogP contribution in [-0.4, -0.2) is 33.9 Å². The minimum absolute atomic E-state index is 0.279. The van der Waals surface area contributed by atoms with E-state index in [1.165, 1.54) is 0 Å². The van der Waals surface area contributed by atoms with Crippen molar-refractivity contribution < 1.29 is 14.3 Å². The molecule has 0 saturated heterocycles. The number of ether oxygens (including phenoxy) is 2. The van der Waals surface area contributed by atoms with Gasteiger partial charge in [0.1, 0.15) is 11.9 Å². The van der Waals surface area contributed by atoms with Crippen LogP contribution in [0.15, 0.2) is 53.7 Å². The van der Waals surface area contributed by atoms with Gasteiger partial charge in [0.05, 0.1) is 29.5 Å². The number of carbonyl (C=O) groups is 1. The van der Waals surface area contributed by atoms with Crippen LogP contribution in [0.4, 0.5) is 11.6 Å². The van der Waals surface area contributed by atoms with Gasteiger partial charge >= 0.3 is 0 Å². The fourth-order valence-electron chi connectivity index (χ4n) is 3.96. The molecule has 9 heteroatoms. The zero-order valence-corrected chi connectivity index (χ0v) is 18.4. The first-order valence-corrected chi connectivity index (χ1v) is 10.8. The van der Waals surface area contributed by atoms with Crippen LogP contribution in [0.2, 0.25) is 5.02 Å². The van der Waals surface area contributed by atoms with E-state index in [0.29, 0.717) is 58.5 Å². The molecule has 2 N–H and O–H groups in total. The maximum atomic E-state index is 13.5. The van der Waals surface area contributed by atoms with Gasteiger partial charge in [0.2, 0.25) is 5.95 Å². The summed E-state index contributed by atoms with van der Waals surface area (Å²) in [6.45, 7) is 4.85. The number of carbonyl (C=O) groups excluding carboxylic acids is 1. The van der Waals surface area contributed by atoms with Crippen LogP contribution >= 0.6 is 11.6 Å². The quantitative estimate of drug-likeness (QED) is 0.616. The SMILES string of the molecule is CC1=C(C(=O)Nc2ccccc2Cl)C(c2ccc3c(c2)OCCCO3)n2nc(C)nc2N1. The van der Waals surface area contributed by atoms with E-state index in [9.17, 15) is 4.79 Å². The van der Waals surface area contributed by atoms with E-state index in [1.807, 2.05) is 44.2 Å². The Balaban J connectivity index is 1.59. The van der Waals surface area contributed by atoms with Crippen molar-refractivity contribution in [3.8, 4) is 11.5 Å². The number of halogens is 1. The lowest BCUT2D eigenvalue weighted by Gasteiger charge is -2.29. The molecule has 32 heavy (non-hydrogen) atoms. The molecule has 0 radical (unpaired) electrons. The largest absolute Gasteiger partial charge is 0.490 e. The van der Waals surface area contributed by atoms with Gasteiger partial charge in [0, 0.05) is 12.1 Å². The Morgan fingerprint density at radius 3 is 2.75 bits per heavy atom. The second-order valence-electron chi connectivity index (χ2n) is 7.68. The van der Waals surface area contributed by atoms with Gasteiger partial charge in [-0.2, -0.15) is 10.1 Å². The summed E-state index contributed by atoms with van der Waals surface area (Å²) in [5.41, 5.74) is 2.58. The molecule has 164 valence electrons. The van der Waals surface area contributed by atoms with Crippen molar-refractivity contribution in [2.45, 2.75) is 26.3 Å². The van der Waals surface area contributed by atoms with Crippen molar-refractivity contribution in [2.75, 3.05) is 23.8 Å². The number of para-hydroxylation sites is 1. The van der Waals surface area contributed by atoms with Crippen LogP contribution in [0.1, 0.15) is 30.8 Å². The summed E-state index contributed by atoms with van der Waals surface area (Å²) >= 11 is 6.27. The Kier molecular flexibility index (Phi) is 5.22. The van der Waals surface area contributed by atoms with Crippen molar-refractivity contribution in [1.82, 2.24) is 14.8 Å². The predicted octanol–water partition coefficient (Wildman–Crippen LogP) is 4.33. The maximum Gasteiger partial charge on any atom is 0.255 e. The van der Waals surface area contributed by atoms with E-state index in [4.69, 9.17) is 21.1 Å². The van der Waals surface area contributed by atoms with E-state index in [0.717, 1.165) is 12.0 Å². The van der Waals surface area contributed by atoms with Crippen LogP contribution in [0.5, 0.6) is 11.5 Å². The lowest BCUT2D eigenvalue weighted by molar-refractivity contribution is -0.113. The molecule has 0 bridgehead atoms. The zero-order chi connectivity index (χ0) is 22.2. The minimum atomic E-state index is -0.507. The molecule has 0 aliphatic carbocycles. The maximum absolute atomic E-state index is 13.5. The molecule has 2 aliphatic heterocycles. The summed E-state index contributed by atoms with van der Waals surface area (Å²) in [5, 5.41) is 11.2. The third kappa shape index (κ3) is 3.67. The van der Waals surface area contributed by atoms with Crippen LogP contribution in [0.25, 0.3) is 0 Å². The van der Waals surface area contributed by atoms with Crippen LogP contribution in [-0.2, 0) is 4.79 Å². The highest BCUT2D eigenvalue weighted by Crippen LogP contribution is 2.40. The van der Waals surface area contributed by atoms with Gasteiger partial charge in [-0.15, -0.1) is 0 Å². The fourth-order valence-corrected chi connectivity index (χ4v) is 4.15. The van der Waals surface area contributed by atoms with Crippen molar-refractivity contribution in [3.63, 3.8) is 0 Å². The lowest BCUT2D eigenvalue weighted by Crippen LogP contribution is -2.31. The lowest BCUT2D eigenvalue weighted by atomic mass is 9.94. The van der Waals surface area contributed by atoms with Crippen molar-refractivity contribution in [2.24, 2.45) is 0 Å². The molecular weight excluding hydrogens is 430 g/mol. The normalized spacial score (nSPS) is 17.3. The number of rotatable bonds is 3. The summed E-state index contributed by atoms with van der Waals surface area (Å²) in [7, 11) is 0. The zero-order valence-electron chi connectivity index (χ0n) is 17.7. The first-order valence-electron chi connectivity index (χ1n) is 10.4. The average molecular weight is 452 g/mol. The number of aromatic nitrogens is 3. The average Bonchev–Trinajstić information content (AvgIpc) is 2.98. The fraction of sp³-hybridized carbons (Fsp3) is 0.261. The van der Waals surface area contributed by atoms with Gasteiger partial charge in [0.25, 0.3) is 5.91 Å². The van der Waals surface area contributed by atoms with Crippen molar-refractivity contribution in [3.05, 3.63) is 70.1 Å². The molecule has 0 fully saturated rings. The first-order chi connectivity index (χ1) is 15.5. The Bertz CT molecular complexity index is 1240. The topological polar surface area (TPSA) is 90.3 Å². The van der Waals surface area contributed by atoms with Gasteiger partial charge < -0.3 is 20.1 Å². The molecular formula is C23H22ClN5O3. The third-order valence-corrected chi connectivity index (χ3v) is 5.74. The summed E-state index contributed by atoms with van der Waals surface area (Å²) in [6, 6.07) is 12.3. The second kappa shape index (κ2) is 8.20. The summed E-state index contributed by atoms with van der Waals surface area (Å²) < 4.78 is 13.4. The monoisotopic (exact) mass is 451 g/mol. The molecule has 5 rings (SSSR count). The number of benzene rings is 2. The second-order valence-corrected chi connectivity index (χ2v) is 8.09. The number of hydrogen-bond donors (Lipinski definition) is 2. The first kappa shape index (κ1) is 20.4. The summed E-state index contributed by atoms with van der Waals surface area (Å²) in [6.07, 6.45) is 0.814. The predicted molar refractivity (Wildman–Crippen MR) is 121 cm³/mol. The van der Waals surface area contributed by atoms with Gasteiger partial charge in [-0.1, -0.05) is 29.8 Å². The number of amides is 1. The number of allylic oxidation sites excluding steroid dienone is 1. The minimum Gasteiger partial charge on any atom is -0.490 e. The molecule has 0 saturated carbocycles. The Hall–Kier alpha value is -3.52. The summed E-state index contributed by atoms with van der Waals surface area (Å²) in [5.74, 6) is 2.25. The smallest absolute Gasteiger partial charge is 0.255 e. The Morgan fingerprint density at radius 1 is 1.16 bits per heavy atom. The number of anilines is 2. The number of aryl methyl sites for hydroxylation is 1. The molecule has 1 aromatic heterocycles. The summed E-state index contributed by atoms with van der Waals surface area (Å²) in [4.78, 5) is 18.0. The molecule has 1 atom stereocenters. The van der Waals surface area contributed by atoms with Crippen LogP contribution < -0.4 is 20.1 Å². The van der Waals surface area contributed by atoms with Gasteiger partial charge in [-0.05, 0) is 43.7 Å². The standard InChI is InChI=1S/C23H22ClN5O3/c1-13-20(22(30)27-17-7-4-3-6-16(17)24)21(29-23(25-13)26-14(2)28-29)15-8-9-18-19(12-15)32-11-5-10-31-18/h3-4,6-9,12,21H,5,10-11H2,1-2H3,(H,27,30)(H,25,26,28). The molecule has 2 aromatic carbocycles. The van der Waals surface area contributed by atoms with E-state index in [2.05, 4.69) is 20.7 Å². The van der Waals surface area contributed by atoms with Crippen molar-refractivity contribution >= 4 is 29.1 Å². The van der Waals surface area contributed by atoms with Gasteiger partial charge in [-0.25, -0.2) is 4.68 Å². The third-order valence-electron chi connectivity index (χ3n) is 5.41. The molecule has 1 amide bonds. The number of fused-ring (bicyclic) bond motifs is 2. The van der Waals surface area contributed by atoms with E-state index >= 15 is 0 Å². The van der Waals surface area contributed by atoms with Crippen LogP contribution in [0.3, 0.4) is 0 Å². The molecule has 1 unspecified atom stereocenters. The Labute approximate surface area is 190 Å². The molecule has 8 nitrogen and oxygen atoms in total.